The molecule has 0 aliphatic carbocycles. The second-order valence-electron chi connectivity index (χ2n) is 7.00. The summed E-state index contributed by atoms with van der Waals surface area (Å²) >= 11 is 5.89. The van der Waals surface area contributed by atoms with Crippen molar-refractivity contribution in [2.45, 2.75) is 13.5 Å². The molecule has 164 valence electrons. The summed E-state index contributed by atoms with van der Waals surface area (Å²) in [6, 6.07) is 10.7. The molecule has 4 aromatic rings. The van der Waals surface area contributed by atoms with Crippen LogP contribution in [-0.2, 0) is 23.1 Å². The van der Waals surface area contributed by atoms with E-state index in [1.807, 2.05) is 12.1 Å². The number of nitrogens with zero attached hydrogens (tertiary/aromatic N) is 2. The van der Waals surface area contributed by atoms with Gasteiger partial charge < -0.3 is 23.5 Å². The molecule has 9 nitrogen and oxygen atoms in total. The molecule has 1 N–H and O–H groups in total. The highest BCUT2D eigenvalue weighted by molar-refractivity contribution is 6.30. The Hall–Kier alpha value is -3.85. The number of benzene rings is 1. The average molecular weight is 456 g/mol. The van der Waals surface area contributed by atoms with Crippen LogP contribution in [0.1, 0.15) is 21.9 Å². The molecule has 0 fully saturated rings. The zero-order valence-corrected chi connectivity index (χ0v) is 17.9. The number of rotatable bonds is 6. The fourth-order valence-corrected chi connectivity index (χ4v) is 3.24. The molecule has 0 atom stereocenters. The number of esters is 1. The van der Waals surface area contributed by atoms with E-state index in [0.29, 0.717) is 16.5 Å². The number of carbonyl (C=O) groups excluding carboxylic acids is 2. The van der Waals surface area contributed by atoms with E-state index in [4.69, 9.17) is 25.2 Å². The van der Waals surface area contributed by atoms with E-state index < -0.39 is 24.0 Å². The summed E-state index contributed by atoms with van der Waals surface area (Å²) in [4.78, 5) is 41.0. The zero-order chi connectivity index (χ0) is 22.8. The summed E-state index contributed by atoms with van der Waals surface area (Å²) in [6.07, 6.45) is 1.29. The first-order valence-electron chi connectivity index (χ1n) is 9.56. The van der Waals surface area contributed by atoms with E-state index in [-0.39, 0.29) is 29.0 Å². The first-order chi connectivity index (χ1) is 15.3. The number of hydrogen-bond acceptors (Lipinski definition) is 7. The van der Waals surface area contributed by atoms with Gasteiger partial charge in [0.15, 0.2) is 6.61 Å². The number of hydrogen-bond donors (Lipinski definition) is 1. The van der Waals surface area contributed by atoms with E-state index in [9.17, 15) is 14.4 Å². The average Bonchev–Trinajstić information content (AvgIpc) is 3.38. The van der Waals surface area contributed by atoms with Crippen molar-refractivity contribution in [3.05, 3.63) is 75.2 Å². The Morgan fingerprint density at radius 1 is 1.16 bits per heavy atom. The standard InChI is InChI=1S/C22H18ClN3O6/c1-12-18(19-20(31-12)25-11-26(2)21(19)28)22(29)30-10-17(27)24-9-15-7-8-16(32-15)13-3-5-14(23)6-4-13/h3-8,11H,9-10H2,1-2H3,(H,24,27). The lowest BCUT2D eigenvalue weighted by Crippen LogP contribution is -2.28. The normalized spacial score (nSPS) is 11.0. The number of fused-ring (bicyclic) bond motifs is 1. The van der Waals surface area contributed by atoms with E-state index >= 15 is 0 Å². The zero-order valence-electron chi connectivity index (χ0n) is 17.2. The molecular weight excluding hydrogens is 438 g/mol. The second kappa shape index (κ2) is 8.72. The van der Waals surface area contributed by atoms with Gasteiger partial charge in [0.1, 0.15) is 34.6 Å². The van der Waals surface area contributed by atoms with Gasteiger partial charge >= 0.3 is 5.97 Å². The number of halogens is 1. The van der Waals surface area contributed by atoms with Crippen LogP contribution in [-0.4, -0.2) is 28.0 Å². The fraction of sp³-hybridized carbons (Fsp3) is 0.182. The van der Waals surface area contributed by atoms with Crippen molar-refractivity contribution in [3.8, 4) is 11.3 Å². The molecule has 0 aliphatic rings. The van der Waals surface area contributed by atoms with Gasteiger partial charge in [-0.3, -0.25) is 9.59 Å². The summed E-state index contributed by atoms with van der Waals surface area (Å²) < 4.78 is 17.4. The topological polar surface area (TPSA) is 117 Å². The quantitative estimate of drug-likeness (QED) is 0.443. The maximum Gasteiger partial charge on any atom is 0.343 e. The molecule has 1 amide bonds. The van der Waals surface area contributed by atoms with E-state index in [0.717, 1.165) is 5.56 Å². The molecule has 3 aromatic heterocycles. The van der Waals surface area contributed by atoms with Gasteiger partial charge in [-0.05, 0) is 43.3 Å². The highest BCUT2D eigenvalue weighted by atomic mass is 35.5. The van der Waals surface area contributed by atoms with Crippen LogP contribution in [0.25, 0.3) is 22.4 Å². The van der Waals surface area contributed by atoms with Crippen LogP contribution in [0, 0.1) is 6.92 Å². The first kappa shape index (κ1) is 21.4. The molecule has 1 aromatic carbocycles. The molecule has 0 radical (unpaired) electrons. The maximum absolute atomic E-state index is 12.5. The van der Waals surface area contributed by atoms with Crippen LogP contribution >= 0.6 is 11.6 Å². The highest BCUT2D eigenvalue weighted by Crippen LogP contribution is 2.24. The van der Waals surface area contributed by atoms with Crippen molar-refractivity contribution in [1.82, 2.24) is 14.9 Å². The number of ether oxygens (including phenoxy) is 1. The highest BCUT2D eigenvalue weighted by Gasteiger charge is 2.24. The van der Waals surface area contributed by atoms with Gasteiger partial charge in [-0.15, -0.1) is 0 Å². The smallest absolute Gasteiger partial charge is 0.343 e. The molecule has 0 saturated heterocycles. The Morgan fingerprint density at radius 2 is 1.91 bits per heavy atom. The molecule has 32 heavy (non-hydrogen) atoms. The lowest BCUT2D eigenvalue weighted by Gasteiger charge is -2.05. The molecule has 0 bridgehead atoms. The van der Waals surface area contributed by atoms with Gasteiger partial charge in [0.05, 0.1) is 6.54 Å². The summed E-state index contributed by atoms with van der Waals surface area (Å²) in [5.41, 5.74) is 0.401. The van der Waals surface area contributed by atoms with Gasteiger partial charge in [-0.1, -0.05) is 11.6 Å². The predicted octanol–water partition coefficient (Wildman–Crippen LogP) is 3.22. The molecule has 3 heterocycles. The van der Waals surface area contributed by atoms with Gasteiger partial charge in [-0.2, -0.15) is 0 Å². The Balaban J connectivity index is 1.36. The van der Waals surface area contributed by atoms with E-state index in [2.05, 4.69) is 10.3 Å². The monoisotopic (exact) mass is 455 g/mol. The van der Waals surface area contributed by atoms with Crippen molar-refractivity contribution in [1.29, 1.82) is 0 Å². The summed E-state index contributed by atoms with van der Waals surface area (Å²) in [5, 5.41) is 3.25. The Labute approximate surface area is 186 Å². The van der Waals surface area contributed by atoms with Gasteiger partial charge in [-0.25, -0.2) is 9.78 Å². The van der Waals surface area contributed by atoms with Crippen molar-refractivity contribution in [2.75, 3.05) is 6.61 Å². The minimum Gasteiger partial charge on any atom is -0.459 e. The minimum atomic E-state index is -0.843. The molecule has 0 aliphatic heterocycles. The molecule has 0 saturated carbocycles. The van der Waals surface area contributed by atoms with E-state index in [1.54, 1.807) is 24.3 Å². The lowest BCUT2D eigenvalue weighted by atomic mass is 10.2. The third kappa shape index (κ3) is 4.28. The third-order valence-electron chi connectivity index (χ3n) is 4.74. The predicted molar refractivity (Wildman–Crippen MR) is 115 cm³/mol. The number of furan rings is 2. The SMILES string of the molecule is Cc1oc2ncn(C)c(=O)c2c1C(=O)OCC(=O)NCc1ccc(-c2ccc(Cl)cc2)o1. The number of amides is 1. The summed E-state index contributed by atoms with van der Waals surface area (Å²) in [6.45, 7) is 1.10. The van der Waals surface area contributed by atoms with Gasteiger partial charge in [0.25, 0.3) is 11.5 Å². The Morgan fingerprint density at radius 3 is 2.66 bits per heavy atom. The Bertz CT molecular complexity index is 1370. The lowest BCUT2D eigenvalue weighted by molar-refractivity contribution is -0.124. The Kier molecular flexibility index (Phi) is 5.83. The van der Waals surface area contributed by atoms with Crippen molar-refractivity contribution in [2.24, 2.45) is 7.05 Å². The van der Waals surface area contributed by atoms with Crippen LogP contribution in [0.2, 0.25) is 5.02 Å². The van der Waals surface area contributed by atoms with Gasteiger partial charge in [0, 0.05) is 17.6 Å². The van der Waals surface area contributed by atoms with Crippen LogP contribution in [0.15, 0.2) is 56.4 Å². The van der Waals surface area contributed by atoms with Crippen LogP contribution in [0.4, 0.5) is 0 Å². The van der Waals surface area contributed by atoms with Crippen LogP contribution < -0.4 is 10.9 Å². The fourth-order valence-electron chi connectivity index (χ4n) is 3.12. The molecular formula is C22H18ClN3O6. The largest absolute Gasteiger partial charge is 0.459 e. The van der Waals surface area contributed by atoms with E-state index in [1.165, 1.54) is 24.9 Å². The van der Waals surface area contributed by atoms with Crippen molar-refractivity contribution >= 4 is 34.6 Å². The van der Waals surface area contributed by atoms with Crippen molar-refractivity contribution < 1.29 is 23.2 Å². The van der Waals surface area contributed by atoms with Crippen molar-refractivity contribution in [3.63, 3.8) is 0 Å². The van der Waals surface area contributed by atoms with Crippen LogP contribution in [0.3, 0.4) is 0 Å². The molecule has 4 rings (SSSR count). The van der Waals surface area contributed by atoms with Gasteiger partial charge in [0.2, 0.25) is 5.71 Å². The maximum atomic E-state index is 12.5. The summed E-state index contributed by atoms with van der Waals surface area (Å²) in [5.74, 6) is -0.0222. The minimum absolute atomic E-state index is 0.0169. The number of aromatic nitrogens is 2. The number of carbonyl (C=O) groups is 2. The first-order valence-corrected chi connectivity index (χ1v) is 9.94. The number of aryl methyl sites for hydroxylation is 2. The third-order valence-corrected chi connectivity index (χ3v) is 4.99. The number of nitrogens with one attached hydrogen (secondary N) is 1. The molecule has 0 spiro atoms. The second-order valence-corrected chi connectivity index (χ2v) is 7.44. The molecule has 0 unspecified atom stereocenters. The summed E-state index contributed by atoms with van der Waals surface area (Å²) in [7, 11) is 1.51. The molecule has 10 heteroatoms. The van der Waals surface area contributed by atoms with Crippen LogP contribution in [0.5, 0.6) is 0 Å².